The van der Waals surface area contributed by atoms with Crippen LogP contribution in [0.3, 0.4) is 0 Å². The second-order valence-electron chi connectivity index (χ2n) is 4.79. The molecule has 4 nitrogen and oxygen atoms in total. The molecule has 0 unspecified atom stereocenters. The maximum atomic E-state index is 12.1. The van der Waals surface area contributed by atoms with Gasteiger partial charge in [0.05, 0.1) is 17.0 Å². The standard InChI is InChI=1S/C12H17NO3S/c1-9-3-4-11(7-10(9)2)17(15,16)13-12(8-14)5-6-12/h3-4,7,13-14H,5-6,8H2,1-2H3. The van der Waals surface area contributed by atoms with E-state index in [2.05, 4.69) is 4.72 Å². The lowest BCUT2D eigenvalue weighted by Gasteiger charge is -2.15. The lowest BCUT2D eigenvalue weighted by Crippen LogP contribution is -2.39. The van der Waals surface area contributed by atoms with Crippen LogP contribution in [0.2, 0.25) is 0 Å². The molecule has 0 radical (unpaired) electrons. The fourth-order valence-electron chi connectivity index (χ4n) is 1.67. The third-order valence-corrected chi connectivity index (χ3v) is 4.87. The van der Waals surface area contributed by atoms with Gasteiger partial charge in [0.2, 0.25) is 10.0 Å². The molecular formula is C12H17NO3S. The molecule has 1 aromatic rings. The molecule has 0 spiro atoms. The Bertz CT molecular complexity index is 533. The molecule has 0 aromatic heterocycles. The number of nitrogens with one attached hydrogen (secondary N) is 1. The average molecular weight is 255 g/mol. The van der Waals surface area contributed by atoms with Crippen LogP contribution in [0, 0.1) is 13.8 Å². The quantitative estimate of drug-likeness (QED) is 0.847. The van der Waals surface area contributed by atoms with Gasteiger partial charge in [0.15, 0.2) is 0 Å². The molecule has 0 aliphatic heterocycles. The summed E-state index contributed by atoms with van der Waals surface area (Å²) in [6, 6.07) is 5.05. The van der Waals surface area contributed by atoms with Crippen LogP contribution < -0.4 is 4.72 Å². The molecule has 2 N–H and O–H groups in total. The highest BCUT2D eigenvalue weighted by Crippen LogP contribution is 2.36. The second kappa shape index (κ2) is 4.08. The molecule has 2 rings (SSSR count). The Labute approximate surface area is 102 Å². The van der Waals surface area contributed by atoms with Crippen LogP contribution in [0.4, 0.5) is 0 Å². The fraction of sp³-hybridized carbons (Fsp3) is 0.500. The molecule has 0 bridgehead atoms. The van der Waals surface area contributed by atoms with Gasteiger partial charge in [-0.15, -0.1) is 0 Å². The predicted molar refractivity (Wildman–Crippen MR) is 65.3 cm³/mol. The van der Waals surface area contributed by atoms with E-state index in [4.69, 9.17) is 5.11 Å². The number of hydrogen-bond acceptors (Lipinski definition) is 3. The van der Waals surface area contributed by atoms with Crippen molar-refractivity contribution in [2.24, 2.45) is 0 Å². The Morgan fingerprint density at radius 2 is 1.94 bits per heavy atom. The van der Waals surface area contributed by atoms with E-state index in [0.29, 0.717) is 12.8 Å². The first kappa shape index (κ1) is 12.5. The number of aliphatic hydroxyl groups excluding tert-OH is 1. The third kappa shape index (κ3) is 2.51. The molecule has 94 valence electrons. The zero-order valence-electron chi connectivity index (χ0n) is 10.0. The summed E-state index contributed by atoms with van der Waals surface area (Å²) in [5, 5.41) is 9.14. The second-order valence-corrected chi connectivity index (χ2v) is 6.47. The van der Waals surface area contributed by atoms with Gasteiger partial charge >= 0.3 is 0 Å². The molecule has 0 amide bonds. The number of hydrogen-bond donors (Lipinski definition) is 2. The first-order chi connectivity index (χ1) is 7.88. The summed E-state index contributed by atoms with van der Waals surface area (Å²) >= 11 is 0. The molecule has 5 heteroatoms. The Hall–Kier alpha value is -0.910. The van der Waals surface area contributed by atoms with E-state index in [9.17, 15) is 8.42 Å². The number of rotatable bonds is 4. The Morgan fingerprint density at radius 3 is 2.41 bits per heavy atom. The lowest BCUT2D eigenvalue weighted by atomic mass is 10.1. The van der Waals surface area contributed by atoms with E-state index in [-0.39, 0.29) is 11.5 Å². The van der Waals surface area contributed by atoms with Crippen LogP contribution in [-0.2, 0) is 10.0 Å². The number of aliphatic hydroxyl groups is 1. The number of sulfonamides is 1. The van der Waals surface area contributed by atoms with Gasteiger partial charge in [-0.2, -0.15) is 0 Å². The van der Waals surface area contributed by atoms with Crippen LogP contribution in [-0.4, -0.2) is 25.7 Å². The van der Waals surface area contributed by atoms with Crippen molar-refractivity contribution in [2.45, 2.75) is 37.1 Å². The topological polar surface area (TPSA) is 66.4 Å². The summed E-state index contributed by atoms with van der Waals surface area (Å²) < 4.78 is 26.8. The zero-order chi connectivity index (χ0) is 12.7. The van der Waals surface area contributed by atoms with E-state index in [1.54, 1.807) is 18.2 Å². The molecule has 0 atom stereocenters. The first-order valence-corrected chi connectivity index (χ1v) is 7.09. The monoisotopic (exact) mass is 255 g/mol. The highest BCUT2D eigenvalue weighted by atomic mass is 32.2. The molecule has 0 heterocycles. The summed E-state index contributed by atoms with van der Waals surface area (Å²) in [6.07, 6.45) is 1.40. The smallest absolute Gasteiger partial charge is 0.241 e. The fourth-order valence-corrected chi connectivity index (χ4v) is 3.20. The van der Waals surface area contributed by atoms with Gasteiger partial charge in [-0.3, -0.25) is 0 Å². The van der Waals surface area contributed by atoms with E-state index in [0.717, 1.165) is 11.1 Å². The largest absolute Gasteiger partial charge is 0.394 e. The van der Waals surface area contributed by atoms with Crippen molar-refractivity contribution in [1.82, 2.24) is 4.72 Å². The van der Waals surface area contributed by atoms with Crippen molar-refractivity contribution >= 4 is 10.0 Å². The zero-order valence-corrected chi connectivity index (χ0v) is 10.8. The van der Waals surface area contributed by atoms with Crippen molar-refractivity contribution in [1.29, 1.82) is 0 Å². The molecule has 1 fully saturated rings. The minimum Gasteiger partial charge on any atom is -0.394 e. The SMILES string of the molecule is Cc1ccc(S(=O)(=O)NC2(CO)CC2)cc1C. The van der Waals surface area contributed by atoms with Crippen molar-refractivity contribution in [3.8, 4) is 0 Å². The van der Waals surface area contributed by atoms with Gasteiger partial charge in [-0.25, -0.2) is 13.1 Å². The molecular weight excluding hydrogens is 238 g/mol. The highest BCUT2D eigenvalue weighted by molar-refractivity contribution is 7.89. The highest BCUT2D eigenvalue weighted by Gasteiger charge is 2.45. The van der Waals surface area contributed by atoms with Gasteiger partial charge < -0.3 is 5.11 Å². The summed E-state index contributed by atoms with van der Waals surface area (Å²) in [4.78, 5) is 0.264. The summed E-state index contributed by atoms with van der Waals surface area (Å²) in [5.74, 6) is 0. The average Bonchev–Trinajstić information content (AvgIpc) is 3.02. The Morgan fingerprint density at radius 1 is 1.29 bits per heavy atom. The van der Waals surface area contributed by atoms with Gasteiger partial charge in [-0.1, -0.05) is 6.07 Å². The van der Waals surface area contributed by atoms with Crippen molar-refractivity contribution in [3.63, 3.8) is 0 Å². The molecule has 0 saturated heterocycles. The van der Waals surface area contributed by atoms with E-state index in [1.165, 1.54) is 0 Å². The third-order valence-electron chi connectivity index (χ3n) is 3.30. The van der Waals surface area contributed by atoms with Gasteiger partial charge in [0, 0.05) is 0 Å². The van der Waals surface area contributed by atoms with Crippen LogP contribution in [0.25, 0.3) is 0 Å². The van der Waals surface area contributed by atoms with Crippen molar-refractivity contribution < 1.29 is 13.5 Å². The van der Waals surface area contributed by atoms with Crippen molar-refractivity contribution in [3.05, 3.63) is 29.3 Å². The maximum Gasteiger partial charge on any atom is 0.241 e. The van der Waals surface area contributed by atoms with Gasteiger partial charge in [-0.05, 0) is 49.9 Å². The van der Waals surface area contributed by atoms with Gasteiger partial charge in [0.1, 0.15) is 0 Å². The van der Waals surface area contributed by atoms with Crippen LogP contribution in [0.15, 0.2) is 23.1 Å². The first-order valence-electron chi connectivity index (χ1n) is 5.61. The van der Waals surface area contributed by atoms with E-state index >= 15 is 0 Å². The minimum absolute atomic E-state index is 0.142. The summed E-state index contributed by atoms with van der Waals surface area (Å²) in [6.45, 7) is 3.68. The maximum absolute atomic E-state index is 12.1. The van der Waals surface area contributed by atoms with Crippen LogP contribution >= 0.6 is 0 Å². The summed E-state index contributed by atoms with van der Waals surface area (Å²) in [7, 11) is -3.52. The molecule has 1 aliphatic carbocycles. The lowest BCUT2D eigenvalue weighted by molar-refractivity contribution is 0.246. The van der Waals surface area contributed by atoms with E-state index in [1.807, 2.05) is 13.8 Å². The number of benzene rings is 1. The molecule has 1 aliphatic rings. The molecule has 1 saturated carbocycles. The number of aryl methyl sites for hydroxylation is 2. The van der Waals surface area contributed by atoms with Crippen LogP contribution in [0.1, 0.15) is 24.0 Å². The normalized spacial score (nSPS) is 18.1. The Kier molecular flexibility index (Phi) is 3.01. The van der Waals surface area contributed by atoms with E-state index < -0.39 is 15.6 Å². The summed E-state index contributed by atoms with van der Waals surface area (Å²) in [5.41, 5.74) is 1.39. The predicted octanol–water partition coefficient (Wildman–Crippen LogP) is 1.11. The molecule has 17 heavy (non-hydrogen) atoms. The van der Waals surface area contributed by atoms with Crippen molar-refractivity contribution in [2.75, 3.05) is 6.61 Å². The van der Waals surface area contributed by atoms with Gasteiger partial charge in [0.25, 0.3) is 0 Å². The minimum atomic E-state index is -3.52. The van der Waals surface area contributed by atoms with Crippen LogP contribution in [0.5, 0.6) is 0 Å². The Balaban J connectivity index is 2.29. The molecule has 1 aromatic carbocycles.